The Labute approximate surface area is 362 Å². The zero-order chi connectivity index (χ0) is 41.3. The third-order valence-corrected chi connectivity index (χ3v) is 14.4. The molecule has 0 saturated heterocycles. The van der Waals surface area contributed by atoms with E-state index in [2.05, 4.69) is 168 Å². The van der Waals surface area contributed by atoms with Crippen molar-refractivity contribution in [3.8, 4) is 22.3 Å². The number of hydrogen-bond acceptors (Lipinski definition) is 0. The number of rotatable bonds is 16. The van der Waals surface area contributed by atoms with Crippen LogP contribution < -0.4 is 5.46 Å². The van der Waals surface area contributed by atoms with Crippen molar-refractivity contribution in [2.24, 2.45) is 0 Å². The van der Waals surface area contributed by atoms with Gasteiger partial charge in [-0.25, -0.2) is 0 Å². The summed E-state index contributed by atoms with van der Waals surface area (Å²) in [6.45, 7) is 18.5. The van der Waals surface area contributed by atoms with Crippen molar-refractivity contribution in [3.63, 3.8) is 0 Å². The molecule has 0 nitrogen and oxygen atoms in total. The Morgan fingerprint density at radius 3 is 1.38 bits per heavy atom. The molecule has 302 valence electrons. The zero-order valence-electron chi connectivity index (χ0n) is 37.1. The van der Waals surface area contributed by atoms with Crippen LogP contribution in [0.15, 0.2) is 102 Å². The van der Waals surface area contributed by atoms with Gasteiger partial charge in [0.2, 0.25) is 0 Å². The Balaban J connectivity index is 1.48. The van der Waals surface area contributed by atoms with E-state index in [0.29, 0.717) is 0 Å². The van der Waals surface area contributed by atoms with Crippen molar-refractivity contribution in [3.05, 3.63) is 146 Å². The van der Waals surface area contributed by atoms with Crippen LogP contribution in [0.5, 0.6) is 0 Å². The average Bonchev–Trinajstić information content (AvgIpc) is 3.62. The maximum Gasteiger partial charge on any atom is 0.113 e. The number of hydrogen-bond donors (Lipinski definition) is 0. The Hall–Kier alpha value is -3.36. The van der Waals surface area contributed by atoms with Gasteiger partial charge in [-0.1, -0.05) is 227 Å². The summed E-state index contributed by atoms with van der Waals surface area (Å²) in [6.07, 6.45) is 18.0. The molecule has 0 spiro atoms. The lowest BCUT2D eigenvalue weighted by Crippen LogP contribution is -2.29. The molecule has 2 aliphatic rings. The monoisotopic (exact) mass is 830 g/mol. The molecule has 2 heteroatoms. The average molecular weight is 832 g/mol. The number of benzene rings is 5. The van der Waals surface area contributed by atoms with E-state index in [9.17, 15) is 0 Å². The molecule has 5 aromatic carbocycles. The minimum atomic E-state index is -0.492. The van der Waals surface area contributed by atoms with Crippen molar-refractivity contribution in [1.82, 2.24) is 0 Å². The van der Waals surface area contributed by atoms with Gasteiger partial charge >= 0.3 is 0 Å². The van der Waals surface area contributed by atoms with Crippen LogP contribution in [0.1, 0.15) is 190 Å². The minimum absolute atomic E-state index is 0.0475. The number of halogens is 1. The van der Waals surface area contributed by atoms with Gasteiger partial charge in [0.05, 0.1) is 5.41 Å². The highest BCUT2D eigenvalue weighted by molar-refractivity contribution is 9.10. The SMILES string of the molecule is [B]c1ccc2c(c1)C(CCCCCCCC)(CCCCCCCC)c1cc3c(cc1-2)C(c1ccc(C(C)(C)C)cc1)(c1ccc(C(C)(C)C)cc1)c1cc(Br)ccc1-3. The summed E-state index contributed by atoms with van der Waals surface area (Å²) in [4.78, 5) is 0. The second-order valence-electron chi connectivity index (χ2n) is 20.0. The van der Waals surface area contributed by atoms with Gasteiger partial charge in [-0.3, -0.25) is 0 Å². The lowest BCUT2D eigenvalue weighted by atomic mass is 9.66. The maximum absolute atomic E-state index is 6.76. The zero-order valence-corrected chi connectivity index (χ0v) is 38.7. The van der Waals surface area contributed by atoms with E-state index in [-0.39, 0.29) is 16.2 Å². The fourth-order valence-electron chi connectivity index (χ4n) is 10.6. The highest BCUT2D eigenvalue weighted by atomic mass is 79.9. The Bertz CT molecular complexity index is 2120. The van der Waals surface area contributed by atoms with Crippen LogP contribution in [-0.2, 0) is 21.7 Å². The van der Waals surface area contributed by atoms with Gasteiger partial charge in [0.1, 0.15) is 7.85 Å². The molecule has 7 rings (SSSR count). The van der Waals surface area contributed by atoms with Crippen molar-refractivity contribution in [2.75, 3.05) is 0 Å². The first-order valence-electron chi connectivity index (χ1n) is 22.9. The summed E-state index contributed by atoms with van der Waals surface area (Å²) in [5.74, 6) is 0. The third kappa shape index (κ3) is 7.98. The van der Waals surface area contributed by atoms with Crippen molar-refractivity contribution < 1.29 is 0 Å². The molecule has 2 radical (unpaired) electrons. The number of unbranched alkanes of at least 4 members (excludes halogenated alkanes) is 10. The van der Waals surface area contributed by atoms with Crippen LogP contribution in [-0.4, -0.2) is 7.85 Å². The Morgan fingerprint density at radius 1 is 0.448 bits per heavy atom. The molecule has 0 unspecified atom stereocenters. The predicted octanol–water partition coefficient (Wildman–Crippen LogP) is 16.0. The summed E-state index contributed by atoms with van der Waals surface area (Å²) in [6, 6.07) is 38.5. The van der Waals surface area contributed by atoms with Gasteiger partial charge in [-0.05, 0) is 115 Å². The summed E-state index contributed by atoms with van der Waals surface area (Å²) in [5.41, 5.74) is 17.1. The van der Waals surface area contributed by atoms with E-state index in [1.54, 1.807) is 0 Å². The normalized spacial score (nSPS) is 14.9. The fourth-order valence-corrected chi connectivity index (χ4v) is 11.0. The molecule has 0 heterocycles. The van der Waals surface area contributed by atoms with Crippen molar-refractivity contribution in [2.45, 2.75) is 167 Å². The first-order chi connectivity index (χ1) is 27.8. The van der Waals surface area contributed by atoms with Gasteiger partial charge in [0, 0.05) is 9.89 Å². The van der Waals surface area contributed by atoms with Crippen LogP contribution in [0.25, 0.3) is 22.3 Å². The molecule has 0 saturated carbocycles. The molecule has 58 heavy (non-hydrogen) atoms. The van der Waals surface area contributed by atoms with E-state index < -0.39 is 5.41 Å². The molecule has 2 aliphatic carbocycles. The molecular formula is C56H68BBr. The quantitative estimate of drug-likeness (QED) is 0.0673. The fraction of sp³-hybridized carbons (Fsp3) is 0.464. The van der Waals surface area contributed by atoms with Gasteiger partial charge < -0.3 is 0 Å². The molecule has 0 bridgehead atoms. The summed E-state index contributed by atoms with van der Waals surface area (Å²) in [7, 11) is 6.76. The smallest absolute Gasteiger partial charge is 0.0963 e. The molecular weight excluding hydrogens is 763 g/mol. The topological polar surface area (TPSA) is 0 Å². The summed E-state index contributed by atoms with van der Waals surface area (Å²) < 4.78 is 1.12. The second kappa shape index (κ2) is 17.3. The number of fused-ring (bicyclic) bond motifs is 6. The van der Waals surface area contributed by atoms with Gasteiger partial charge in [0.15, 0.2) is 0 Å². The van der Waals surface area contributed by atoms with Crippen LogP contribution in [0.4, 0.5) is 0 Å². The minimum Gasteiger partial charge on any atom is -0.0963 e. The van der Waals surface area contributed by atoms with E-state index in [4.69, 9.17) is 7.85 Å². The van der Waals surface area contributed by atoms with E-state index >= 15 is 0 Å². The van der Waals surface area contributed by atoms with Crippen LogP contribution in [0.2, 0.25) is 0 Å². The molecule has 0 N–H and O–H groups in total. The van der Waals surface area contributed by atoms with E-state index in [0.717, 1.165) is 9.94 Å². The van der Waals surface area contributed by atoms with Crippen LogP contribution in [0, 0.1) is 0 Å². The van der Waals surface area contributed by atoms with Gasteiger partial charge in [0.25, 0.3) is 0 Å². The predicted molar refractivity (Wildman–Crippen MR) is 256 cm³/mol. The van der Waals surface area contributed by atoms with E-state index in [1.165, 1.54) is 157 Å². The Kier molecular flexibility index (Phi) is 12.8. The molecule has 0 aliphatic heterocycles. The highest BCUT2D eigenvalue weighted by Gasteiger charge is 2.50. The van der Waals surface area contributed by atoms with Crippen molar-refractivity contribution >= 4 is 29.2 Å². The Morgan fingerprint density at radius 2 is 0.862 bits per heavy atom. The lowest BCUT2D eigenvalue weighted by molar-refractivity contribution is 0.398. The maximum atomic E-state index is 6.76. The van der Waals surface area contributed by atoms with Crippen LogP contribution >= 0.6 is 15.9 Å². The van der Waals surface area contributed by atoms with Crippen LogP contribution in [0.3, 0.4) is 0 Å². The largest absolute Gasteiger partial charge is 0.113 e. The highest BCUT2D eigenvalue weighted by Crippen LogP contribution is 2.62. The molecule has 0 fully saturated rings. The van der Waals surface area contributed by atoms with Crippen molar-refractivity contribution in [1.29, 1.82) is 0 Å². The summed E-state index contributed by atoms with van der Waals surface area (Å²) in [5, 5.41) is 0. The molecule has 0 aromatic heterocycles. The molecule has 0 atom stereocenters. The second-order valence-corrected chi connectivity index (χ2v) is 20.9. The standard InChI is InChI=1S/C56H68BBr/c1-9-11-13-15-17-19-33-55(34-20-18-16-14-12-10-2)49-35-43(57)29-31-45(49)47-38-52-48(37-50(47)55)46-32-30-44(58)36-51(46)56(52,41-25-21-39(22-26-41)53(3,4)5)42-27-23-40(24-28-42)54(6,7)8/h21-32,35-38H,9-20,33-34H2,1-8H3. The first kappa shape index (κ1) is 42.8. The van der Waals surface area contributed by atoms with Gasteiger partial charge in [-0.15, -0.1) is 0 Å². The molecule has 5 aromatic rings. The van der Waals surface area contributed by atoms with E-state index in [1.807, 2.05) is 0 Å². The van der Waals surface area contributed by atoms with Gasteiger partial charge in [-0.2, -0.15) is 0 Å². The third-order valence-electron chi connectivity index (χ3n) is 13.9. The molecule has 0 amide bonds. The first-order valence-corrected chi connectivity index (χ1v) is 23.7. The lowest BCUT2D eigenvalue weighted by Gasteiger charge is -2.36. The summed E-state index contributed by atoms with van der Waals surface area (Å²) >= 11 is 3.97.